The lowest BCUT2D eigenvalue weighted by Gasteiger charge is -2.10. The van der Waals surface area contributed by atoms with Gasteiger partial charge in [0.2, 0.25) is 0 Å². The maximum atomic E-state index is 6.06. The van der Waals surface area contributed by atoms with Crippen molar-refractivity contribution in [3.05, 3.63) is 18.7 Å². The predicted molar refractivity (Wildman–Crippen MR) is 58.4 cm³/mol. The van der Waals surface area contributed by atoms with E-state index in [9.17, 15) is 0 Å². The average Bonchev–Trinajstić information content (AvgIpc) is 2.77. The Balaban J connectivity index is 0.000000202. The zero-order valence-electron chi connectivity index (χ0n) is 8.57. The fraction of sp³-hybridized carbons (Fsp3) is 0.500. The van der Waals surface area contributed by atoms with Gasteiger partial charge >= 0.3 is 0 Å². The van der Waals surface area contributed by atoms with Crippen LogP contribution in [0.4, 0.5) is 0 Å². The molecule has 1 fully saturated rings. The second-order valence-electron chi connectivity index (χ2n) is 2.58. The lowest BCUT2D eigenvalue weighted by molar-refractivity contribution is 0.109. The third-order valence-electron chi connectivity index (χ3n) is 1.25. The molecule has 0 unspecified atom stereocenters. The molecular formula is C8H18N6O. The molecule has 2 rings (SSSR count). The Kier molecular flexibility index (Phi) is 9.36. The van der Waals surface area contributed by atoms with Gasteiger partial charge < -0.3 is 26.5 Å². The second kappa shape index (κ2) is 10.5. The first-order valence-electron chi connectivity index (χ1n) is 4.54. The minimum atomic E-state index is -0.333. The molecule has 1 aromatic rings. The minimum absolute atomic E-state index is 0.333. The van der Waals surface area contributed by atoms with Crippen molar-refractivity contribution in [1.29, 1.82) is 5.41 Å². The van der Waals surface area contributed by atoms with Gasteiger partial charge in [-0.05, 0) is 0 Å². The maximum absolute atomic E-state index is 6.06. The lowest BCUT2D eigenvalue weighted by atomic mass is 10.5. The summed E-state index contributed by atoms with van der Waals surface area (Å²) in [6, 6.07) is 0. The van der Waals surface area contributed by atoms with Crippen LogP contribution in [0.15, 0.2) is 18.7 Å². The van der Waals surface area contributed by atoms with E-state index in [0.29, 0.717) is 0 Å². The summed E-state index contributed by atoms with van der Waals surface area (Å²) in [6.45, 7) is 3.83. The van der Waals surface area contributed by atoms with E-state index in [1.54, 1.807) is 18.7 Å². The van der Waals surface area contributed by atoms with E-state index in [1.165, 1.54) is 0 Å². The highest BCUT2D eigenvalue weighted by Gasteiger charge is 1.92. The topological polar surface area (TPSA) is 126 Å². The molecule has 86 valence electrons. The van der Waals surface area contributed by atoms with Crippen molar-refractivity contribution in [2.45, 2.75) is 0 Å². The van der Waals surface area contributed by atoms with Crippen LogP contribution >= 0.6 is 0 Å². The van der Waals surface area contributed by atoms with Crippen LogP contribution in [0.25, 0.3) is 0 Å². The Hall–Kier alpha value is -1.60. The van der Waals surface area contributed by atoms with Crippen LogP contribution in [-0.2, 0) is 4.74 Å². The zero-order valence-corrected chi connectivity index (χ0v) is 8.57. The zero-order chi connectivity index (χ0) is 11.4. The number of aromatic amines is 1. The SMILES string of the molecule is C1COCCN1.N=C(N)N.c1c[nH]cn1. The number of ether oxygens (including phenoxy) is 1. The molecule has 0 saturated carbocycles. The number of aromatic nitrogens is 2. The molecular weight excluding hydrogens is 196 g/mol. The number of rotatable bonds is 0. The van der Waals surface area contributed by atoms with Crippen LogP contribution in [-0.4, -0.2) is 42.2 Å². The standard InChI is InChI=1S/C4H9NO.C3H4N2.CH5N3/c1-3-6-4-2-5-1;1-2-5-3-4-1;2-1(3)4/h5H,1-4H2;1-3H,(H,4,5);(H5,2,3,4). The number of guanidine groups is 1. The monoisotopic (exact) mass is 214 g/mol. The molecule has 1 saturated heterocycles. The summed E-state index contributed by atoms with van der Waals surface area (Å²) in [5.74, 6) is -0.333. The van der Waals surface area contributed by atoms with Crippen molar-refractivity contribution in [3.8, 4) is 0 Å². The smallest absolute Gasteiger partial charge is 0.183 e. The number of hydrogen-bond acceptors (Lipinski definition) is 4. The van der Waals surface area contributed by atoms with Gasteiger partial charge in [-0.1, -0.05) is 0 Å². The fourth-order valence-electron chi connectivity index (χ4n) is 0.731. The van der Waals surface area contributed by atoms with Crippen LogP contribution in [0.1, 0.15) is 0 Å². The normalized spacial score (nSPS) is 13.9. The number of H-pyrrole nitrogens is 1. The Bertz CT molecular complexity index is 188. The highest BCUT2D eigenvalue weighted by Crippen LogP contribution is 1.76. The molecule has 0 radical (unpaired) electrons. The molecule has 1 aliphatic rings. The van der Waals surface area contributed by atoms with Gasteiger partial charge in [0.25, 0.3) is 0 Å². The first-order valence-corrected chi connectivity index (χ1v) is 4.54. The summed E-state index contributed by atoms with van der Waals surface area (Å²) in [4.78, 5) is 6.42. The number of imidazole rings is 1. The van der Waals surface area contributed by atoms with Crippen molar-refractivity contribution in [2.24, 2.45) is 11.5 Å². The summed E-state index contributed by atoms with van der Waals surface area (Å²) in [7, 11) is 0. The molecule has 0 bridgehead atoms. The molecule has 0 spiro atoms. The molecule has 15 heavy (non-hydrogen) atoms. The highest BCUT2D eigenvalue weighted by atomic mass is 16.5. The van der Waals surface area contributed by atoms with Crippen LogP contribution in [0.5, 0.6) is 0 Å². The van der Waals surface area contributed by atoms with Crippen LogP contribution < -0.4 is 16.8 Å². The third kappa shape index (κ3) is 15.2. The summed E-state index contributed by atoms with van der Waals surface area (Å²) >= 11 is 0. The number of nitrogens with two attached hydrogens (primary N) is 2. The van der Waals surface area contributed by atoms with Gasteiger partial charge in [-0.25, -0.2) is 4.98 Å². The van der Waals surface area contributed by atoms with Crippen molar-refractivity contribution in [1.82, 2.24) is 15.3 Å². The van der Waals surface area contributed by atoms with Gasteiger partial charge in [-0.15, -0.1) is 0 Å². The average molecular weight is 214 g/mol. The first-order chi connectivity index (χ1) is 7.23. The van der Waals surface area contributed by atoms with Crippen molar-refractivity contribution >= 4 is 5.96 Å². The summed E-state index contributed by atoms with van der Waals surface area (Å²) in [5, 5.41) is 9.22. The van der Waals surface area contributed by atoms with Crippen molar-refractivity contribution in [3.63, 3.8) is 0 Å². The molecule has 7 N–H and O–H groups in total. The lowest BCUT2D eigenvalue weighted by Crippen LogP contribution is -2.30. The van der Waals surface area contributed by atoms with E-state index < -0.39 is 0 Å². The van der Waals surface area contributed by atoms with Crippen molar-refractivity contribution < 1.29 is 4.74 Å². The molecule has 7 nitrogen and oxygen atoms in total. The molecule has 0 atom stereocenters. The minimum Gasteiger partial charge on any atom is -0.379 e. The van der Waals surface area contributed by atoms with Gasteiger partial charge in [0.1, 0.15) is 0 Å². The van der Waals surface area contributed by atoms with Gasteiger partial charge in [0.05, 0.1) is 19.5 Å². The molecule has 0 aromatic carbocycles. The van der Waals surface area contributed by atoms with Gasteiger partial charge in [0.15, 0.2) is 5.96 Å². The summed E-state index contributed by atoms with van der Waals surface area (Å²) in [6.07, 6.45) is 5.08. The summed E-state index contributed by atoms with van der Waals surface area (Å²) < 4.78 is 5.01. The Morgan fingerprint density at radius 1 is 1.33 bits per heavy atom. The molecule has 7 heteroatoms. The molecule has 0 amide bonds. The largest absolute Gasteiger partial charge is 0.379 e. The van der Waals surface area contributed by atoms with E-state index in [1.807, 2.05) is 0 Å². The van der Waals surface area contributed by atoms with Crippen molar-refractivity contribution in [2.75, 3.05) is 26.3 Å². The van der Waals surface area contributed by atoms with E-state index in [0.717, 1.165) is 26.3 Å². The van der Waals surface area contributed by atoms with E-state index in [2.05, 4.69) is 26.8 Å². The second-order valence-corrected chi connectivity index (χ2v) is 2.58. The molecule has 1 aliphatic heterocycles. The Morgan fingerprint density at radius 2 is 1.93 bits per heavy atom. The van der Waals surface area contributed by atoms with E-state index in [4.69, 9.17) is 10.1 Å². The maximum Gasteiger partial charge on any atom is 0.183 e. The fourth-order valence-corrected chi connectivity index (χ4v) is 0.731. The number of nitrogens with zero attached hydrogens (tertiary/aromatic N) is 1. The van der Waals surface area contributed by atoms with Crippen LogP contribution in [0.2, 0.25) is 0 Å². The van der Waals surface area contributed by atoms with Crippen LogP contribution in [0, 0.1) is 5.41 Å². The molecule has 0 aliphatic carbocycles. The number of nitrogens with one attached hydrogen (secondary N) is 3. The van der Waals surface area contributed by atoms with E-state index >= 15 is 0 Å². The van der Waals surface area contributed by atoms with Gasteiger partial charge in [-0.2, -0.15) is 0 Å². The number of morpholine rings is 1. The Labute approximate surface area is 88.7 Å². The highest BCUT2D eigenvalue weighted by molar-refractivity contribution is 5.71. The van der Waals surface area contributed by atoms with Gasteiger partial charge in [-0.3, -0.25) is 5.41 Å². The molecule has 2 heterocycles. The van der Waals surface area contributed by atoms with E-state index in [-0.39, 0.29) is 5.96 Å². The van der Waals surface area contributed by atoms with Crippen LogP contribution in [0.3, 0.4) is 0 Å². The quantitative estimate of drug-likeness (QED) is 0.275. The summed E-state index contributed by atoms with van der Waals surface area (Å²) in [5.41, 5.74) is 8.94. The first kappa shape index (κ1) is 13.4. The predicted octanol–water partition coefficient (Wildman–Crippen LogP) is -1.15. The third-order valence-corrected chi connectivity index (χ3v) is 1.25. The Morgan fingerprint density at radius 3 is 2.07 bits per heavy atom. The number of hydrogen-bond donors (Lipinski definition) is 5. The van der Waals surface area contributed by atoms with Gasteiger partial charge in [0, 0.05) is 25.5 Å². The molecule has 1 aromatic heterocycles.